The molecule has 1 aromatic carbocycles. The van der Waals surface area contributed by atoms with Gasteiger partial charge in [-0.15, -0.1) is 0 Å². The zero-order chi connectivity index (χ0) is 14.9. The third-order valence-corrected chi connectivity index (χ3v) is 2.83. The van der Waals surface area contributed by atoms with Crippen LogP contribution in [0.1, 0.15) is 11.1 Å². The predicted molar refractivity (Wildman–Crippen MR) is 69.2 cm³/mol. The van der Waals surface area contributed by atoms with Gasteiger partial charge in [0.05, 0.1) is 5.02 Å². The lowest BCUT2D eigenvalue weighted by Crippen LogP contribution is -2.34. The summed E-state index contributed by atoms with van der Waals surface area (Å²) in [5.74, 6) is -0.671. The summed E-state index contributed by atoms with van der Waals surface area (Å²) in [5, 5.41) is 0.0326. The Balaban J connectivity index is 2.35. The maximum Gasteiger partial charge on any atom is 0.429 e. The van der Waals surface area contributed by atoms with E-state index in [-0.39, 0.29) is 10.8 Å². The molecule has 1 atom stereocenters. The van der Waals surface area contributed by atoms with Crippen molar-refractivity contribution in [2.24, 2.45) is 5.73 Å². The van der Waals surface area contributed by atoms with Gasteiger partial charge in [0, 0.05) is 11.6 Å². The molecular formula is C13H9ClF3NO2. The molecular weight excluding hydrogens is 295 g/mol. The topological polar surface area (TPSA) is 52.3 Å². The number of nitrogens with two attached hydrogens (primary N) is 1. The fraction of sp³-hybridized carbons (Fsp3) is 0.154. The molecule has 7 heteroatoms. The van der Waals surface area contributed by atoms with E-state index in [2.05, 4.69) is 0 Å². The van der Waals surface area contributed by atoms with E-state index < -0.39 is 18.2 Å². The van der Waals surface area contributed by atoms with Gasteiger partial charge in [-0.2, -0.15) is 13.2 Å². The minimum atomic E-state index is -4.50. The van der Waals surface area contributed by atoms with E-state index in [0.717, 1.165) is 12.2 Å². The Hall–Kier alpha value is -1.95. The van der Waals surface area contributed by atoms with E-state index in [9.17, 15) is 18.0 Å². The summed E-state index contributed by atoms with van der Waals surface area (Å²) in [4.78, 5) is 10.6. The van der Waals surface area contributed by atoms with Crippen molar-refractivity contribution in [3.05, 3.63) is 40.4 Å². The Bertz CT molecular complexity index is 608. The Morgan fingerprint density at radius 2 is 2.10 bits per heavy atom. The SMILES string of the molecule is NC(=O)/C=C/c1cc(Cl)c2c(c1)C=CC(C(F)(F)F)O2. The molecule has 2 rings (SSSR count). The quantitative estimate of drug-likeness (QED) is 0.853. The van der Waals surface area contributed by atoms with E-state index in [1.807, 2.05) is 0 Å². The zero-order valence-corrected chi connectivity index (χ0v) is 10.7. The second kappa shape index (κ2) is 5.20. The molecule has 20 heavy (non-hydrogen) atoms. The average Bonchev–Trinajstić information content (AvgIpc) is 2.35. The van der Waals surface area contributed by atoms with Crippen LogP contribution in [-0.4, -0.2) is 18.2 Å². The Kier molecular flexibility index (Phi) is 3.76. The number of amides is 1. The number of ether oxygens (including phenoxy) is 1. The smallest absolute Gasteiger partial charge is 0.429 e. The van der Waals surface area contributed by atoms with Gasteiger partial charge in [-0.25, -0.2) is 0 Å². The number of halogens is 4. The van der Waals surface area contributed by atoms with Crippen LogP contribution in [0, 0.1) is 0 Å². The molecule has 0 spiro atoms. The second-order valence-electron chi connectivity index (χ2n) is 4.10. The van der Waals surface area contributed by atoms with Gasteiger partial charge in [-0.3, -0.25) is 4.79 Å². The molecule has 1 aliphatic rings. The van der Waals surface area contributed by atoms with E-state index >= 15 is 0 Å². The van der Waals surface area contributed by atoms with Gasteiger partial charge in [0.25, 0.3) is 0 Å². The first-order valence-corrected chi connectivity index (χ1v) is 5.88. The van der Waals surface area contributed by atoms with E-state index in [1.165, 1.54) is 18.2 Å². The van der Waals surface area contributed by atoms with Crippen molar-refractivity contribution in [3.8, 4) is 5.75 Å². The second-order valence-corrected chi connectivity index (χ2v) is 4.50. The molecule has 0 radical (unpaired) electrons. The van der Waals surface area contributed by atoms with Crippen LogP contribution in [0.5, 0.6) is 5.75 Å². The number of hydrogen-bond acceptors (Lipinski definition) is 2. The van der Waals surface area contributed by atoms with Crippen LogP contribution in [0.4, 0.5) is 13.2 Å². The molecule has 0 fully saturated rings. The molecule has 1 aliphatic heterocycles. The van der Waals surface area contributed by atoms with Gasteiger partial charge < -0.3 is 10.5 Å². The molecule has 106 valence electrons. The lowest BCUT2D eigenvalue weighted by atomic mass is 10.1. The molecule has 1 heterocycles. The summed E-state index contributed by atoms with van der Waals surface area (Å²) in [6.45, 7) is 0. The number of primary amides is 1. The molecule has 1 unspecified atom stereocenters. The van der Waals surface area contributed by atoms with Crippen molar-refractivity contribution in [3.63, 3.8) is 0 Å². The van der Waals surface area contributed by atoms with E-state index in [1.54, 1.807) is 6.07 Å². The highest BCUT2D eigenvalue weighted by molar-refractivity contribution is 6.32. The highest BCUT2D eigenvalue weighted by Gasteiger charge is 2.41. The van der Waals surface area contributed by atoms with Gasteiger partial charge >= 0.3 is 6.18 Å². The van der Waals surface area contributed by atoms with Crippen molar-refractivity contribution in [2.75, 3.05) is 0 Å². The monoisotopic (exact) mass is 303 g/mol. The lowest BCUT2D eigenvalue weighted by molar-refractivity contribution is -0.180. The van der Waals surface area contributed by atoms with Crippen LogP contribution in [0.2, 0.25) is 5.02 Å². The summed E-state index contributed by atoms with van der Waals surface area (Å²) in [7, 11) is 0. The maximum atomic E-state index is 12.6. The number of fused-ring (bicyclic) bond motifs is 1. The molecule has 0 aliphatic carbocycles. The van der Waals surface area contributed by atoms with Crippen LogP contribution in [0.25, 0.3) is 12.2 Å². The van der Waals surface area contributed by atoms with Crippen molar-refractivity contribution in [1.29, 1.82) is 0 Å². The van der Waals surface area contributed by atoms with Crippen molar-refractivity contribution >= 4 is 29.7 Å². The van der Waals surface area contributed by atoms with Crippen molar-refractivity contribution < 1.29 is 22.7 Å². The summed E-state index contributed by atoms with van der Waals surface area (Å²) >= 11 is 5.90. The molecule has 1 amide bonds. The fourth-order valence-corrected chi connectivity index (χ4v) is 1.97. The summed E-state index contributed by atoms with van der Waals surface area (Å²) < 4.78 is 42.6. The Labute approximate surface area is 117 Å². The Morgan fingerprint density at radius 3 is 2.70 bits per heavy atom. The number of carbonyl (C=O) groups is 1. The highest BCUT2D eigenvalue weighted by Crippen LogP contribution is 2.38. The molecule has 1 aromatic rings. The molecule has 0 bridgehead atoms. The first kappa shape index (κ1) is 14.5. The first-order valence-electron chi connectivity index (χ1n) is 5.50. The van der Waals surface area contributed by atoms with E-state index in [0.29, 0.717) is 11.1 Å². The van der Waals surface area contributed by atoms with Crippen molar-refractivity contribution in [2.45, 2.75) is 12.3 Å². The number of benzene rings is 1. The maximum absolute atomic E-state index is 12.6. The highest BCUT2D eigenvalue weighted by atomic mass is 35.5. The Morgan fingerprint density at radius 1 is 1.40 bits per heavy atom. The fourth-order valence-electron chi connectivity index (χ4n) is 1.69. The molecule has 3 nitrogen and oxygen atoms in total. The van der Waals surface area contributed by atoms with Gasteiger partial charge in [0.15, 0.2) is 0 Å². The van der Waals surface area contributed by atoms with Gasteiger partial charge in [0.2, 0.25) is 12.0 Å². The van der Waals surface area contributed by atoms with Crippen LogP contribution < -0.4 is 10.5 Å². The van der Waals surface area contributed by atoms with Crippen LogP contribution in [-0.2, 0) is 4.79 Å². The van der Waals surface area contributed by atoms with Crippen molar-refractivity contribution in [1.82, 2.24) is 0 Å². The third kappa shape index (κ3) is 3.14. The largest absolute Gasteiger partial charge is 0.475 e. The van der Waals surface area contributed by atoms with Crippen LogP contribution in [0.15, 0.2) is 24.3 Å². The standard InChI is InChI=1S/C13H9ClF3NO2/c14-9-6-7(1-4-11(18)19)5-8-2-3-10(13(15,16)17)20-12(8)9/h1-6,10H,(H2,18,19)/b4-1+. The number of carbonyl (C=O) groups excluding carboxylic acids is 1. The molecule has 0 saturated heterocycles. The van der Waals surface area contributed by atoms with Gasteiger partial charge in [-0.1, -0.05) is 17.7 Å². The van der Waals surface area contributed by atoms with E-state index in [4.69, 9.17) is 22.1 Å². The third-order valence-electron chi connectivity index (χ3n) is 2.55. The predicted octanol–water partition coefficient (Wildman–Crippen LogP) is 3.18. The molecule has 2 N–H and O–H groups in total. The van der Waals surface area contributed by atoms with Gasteiger partial charge in [-0.05, 0) is 29.8 Å². The number of hydrogen-bond donors (Lipinski definition) is 1. The minimum Gasteiger partial charge on any atom is -0.475 e. The normalized spacial score (nSPS) is 17.9. The lowest BCUT2D eigenvalue weighted by Gasteiger charge is -2.24. The minimum absolute atomic E-state index is 0.0326. The zero-order valence-electron chi connectivity index (χ0n) is 9.95. The summed E-state index contributed by atoms with van der Waals surface area (Å²) in [6, 6.07) is 2.94. The summed E-state index contributed by atoms with van der Waals surface area (Å²) in [6.07, 6.45) is -1.78. The average molecular weight is 304 g/mol. The molecule has 0 saturated carbocycles. The van der Waals surface area contributed by atoms with Crippen LogP contribution >= 0.6 is 11.6 Å². The number of rotatable bonds is 2. The first-order chi connectivity index (χ1) is 9.27. The number of alkyl halides is 3. The van der Waals surface area contributed by atoms with Gasteiger partial charge in [0.1, 0.15) is 5.75 Å². The molecule has 0 aromatic heterocycles. The summed E-state index contributed by atoms with van der Waals surface area (Å²) in [5.41, 5.74) is 5.90. The van der Waals surface area contributed by atoms with Crippen LogP contribution in [0.3, 0.4) is 0 Å².